The molecule has 2 aromatic rings. The predicted octanol–water partition coefficient (Wildman–Crippen LogP) is 3.99. The topological polar surface area (TPSA) is 32.7 Å². The number of rotatable bonds is 5. The van der Waals surface area contributed by atoms with Crippen LogP contribution in [0.1, 0.15) is 25.0 Å². The van der Waals surface area contributed by atoms with Crippen LogP contribution in [0, 0.1) is 0 Å². The molecule has 0 bridgehead atoms. The van der Waals surface area contributed by atoms with Crippen LogP contribution < -0.4 is 9.64 Å². The van der Waals surface area contributed by atoms with Crippen LogP contribution in [0.5, 0.6) is 11.5 Å². The van der Waals surface area contributed by atoms with Crippen molar-refractivity contribution in [3.63, 3.8) is 0 Å². The fourth-order valence-electron chi connectivity index (χ4n) is 2.02. The van der Waals surface area contributed by atoms with Gasteiger partial charge < -0.3 is 14.7 Å². The first kappa shape index (κ1) is 14.4. The van der Waals surface area contributed by atoms with Gasteiger partial charge in [0.15, 0.2) is 0 Å². The van der Waals surface area contributed by atoms with E-state index < -0.39 is 6.10 Å². The maximum absolute atomic E-state index is 10.0. The Morgan fingerprint density at radius 1 is 1.10 bits per heavy atom. The van der Waals surface area contributed by atoms with Crippen LogP contribution in [0.2, 0.25) is 0 Å². The summed E-state index contributed by atoms with van der Waals surface area (Å²) in [5.41, 5.74) is 1.90. The number of hydrogen-bond acceptors (Lipinski definition) is 3. The van der Waals surface area contributed by atoms with E-state index in [0.717, 1.165) is 17.0 Å². The fourth-order valence-corrected chi connectivity index (χ4v) is 2.02. The van der Waals surface area contributed by atoms with Gasteiger partial charge in [0.1, 0.15) is 11.5 Å². The quantitative estimate of drug-likeness (QED) is 0.892. The van der Waals surface area contributed by atoms with Gasteiger partial charge in [-0.15, -0.1) is 0 Å². The molecule has 1 atom stereocenters. The van der Waals surface area contributed by atoms with E-state index in [9.17, 15) is 5.11 Å². The summed E-state index contributed by atoms with van der Waals surface area (Å²) in [5, 5.41) is 10.0. The zero-order valence-electron chi connectivity index (χ0n) is 12.2. The molecule has 0 aromatic heterocycles. The van der Waals surface area contributed by atoms with Crippen LogP contribution in [-0.4, -0.2) is 19.2 Å². The summed E-state index contributed by atoms with van der Waals surface area (Å²) in [7, 11) is 3.99. The SMILES string of the molecule is CC[C@H](O)c1ccccc1Oc1cccc(N(C)C)c1. The van der Waals surface area contributed by atoms with Crippen LogP contribution >= 0.6 is 0 Å². The summed E-state index contributed by atoms with van der Waals surface area (Å²) in [6.07, 6.45) is 0.168. The van der Waals surface area contributed by atoms with E-state index in [1.54, 1.807) is 0 Å². The number of hydrogen-bond donors (Lipinski definition) is 1. The Kier molecular flexibility index (Phi) is 4.64. The lowest BCUT2D eigenvalue weighted by Crippen LogP contribution is -2.08. The monoisotopic (exact) mass is 271 g/mol. The zero-order valence-corrected chi connectivity index (χ0v) is 12.2. The second kappa shape index (κ2) is 6.44. The van der Waals surface area contributed by atoms with Gasteiger partial charge in [0.2, 0.25) is 0 Å². The minimum atomic E-state index is -0.497. The van der Waals surface area contributed by atoms with E-state index in [-0.39, 0.29) is 0 Å². The summed E-state index contributed by atoms with van der Waals surface area (Å²) < 4.78 is 5.94. The smallest absolute Gasteiger partial charge is 0.133 e. The molecule has 0 saturated carbocycles. The number of benzene rings is 2. The van der Waals surface area contributed by atoms with Gasteiger partial charge in [-0.25, -0.2) is 0 Å². The number of nitrogens with zero attached hydrogens (tertiary/aromatic N) is 1. The number of aliphatic hydroxyl groups excluding tert-OH is 1. The maximum Gasteiger partial charge on any atom is 0.133 e. The normalized spacial score (nSPS) is 12.0. The molecule has 3 nitrogen and oxygen atoms in total. The molecule has 0 heterocycles. The molecule has 106 valence electrons. The molecule has 0 radical (unpaired) electrons. The first-order valence-corrected chi connectivity index (χ1v) is 6.84. The molecule has 1 N–H and O–H groups in total. The molecular formula is C17H21NO2. The van der Waals surface area contributed by atoms with Crippen molar-refractivity contribution in [2.45, 2.75) is 19.4 Å². The Hall–Kier alpha value is -2.00. The van der Waals surface area contributed by atoms with Crippen molar-refractivity contribution in [2.24, 2.45) is 0 Å². The van der Waals surface area contributed by atoms with Gasteiger partial charge in [-0.2, -0.15) is 0 Å². The Morgan fingerprint density at radius 3 is 2.55 bits per heavy atom. The predicted molar refractivity (Wildman–Crippen MR) is 82.5 cm³/mol. The summed E-state index contributed by atoms with van der Waals surface area (Å²) in [5.74, 6) is 1.48. The van der Waals surface area contributed by atoms with Gasteiger partial charge in [-0.1, -0.05) is 31.2 Å². The van der Waals surface area contributed by atoms with Crippen molar-refractivity contribution < 1.29 is 9.84 Å². The van der Waals surface area contributed by atoms with Gasteiger partial charge in [-0.05, 0) is 24.6 Å². The minimum absolute atomic E-state index is 0.497. The van der Waals surface area contributed by atoms with Crippen LogP contribution in [0.3, 0.4) is 0 Å². The second-order valence-electron chi connectivity index (χ2n) is 4.96. The van der Waals surface area contributed by atoms with E-state index in [2.05, 4.69) is 0 Å². The molecule has 2 rings (SSSR count). The Labute approximate surface area is 120 Å². The zero-order chi connectivity index (χ0) is 14.5. The van der Waals surface area contributed by atoms with Gasteiger partial charge in [0.05, 0.1) is 6.10 Å². The number of para-hydroxylation sites is 1. The number of ether oxygens (including phenoxy) is 1. The van der Waals surface area contributed by atoms with Gasteiger partial charge in [-0.3, -0.25) is 0 Å². The standard InChI is InChI=1S/C17H21NO2/c1-4-16(19)15-10-5-6-11-17(15)20-14-9-7-8-13(12-14)18(2)3/h5-12,16,19H,4H2,1-3H3/t16-/m0/s1. The molecule has 3 heteroatoms. The number of aliphatic hydroxyl groups is 1. The van der Waals surface area contributed by atoms with E-state index in [1.807, 2.05) is 74.4 Å². The van der Waals surface area contributed by atoms with Gasteiger partial charge >= 0.3 is 0 Å². The van der Waals surface area contributed by atoms with E-state index in [4.69, 9.17) is 4.74 Å². The summed E-state index contributed by atoms with van der Waals surface area (Å²) in [4.78, 5) is 2.03. The van der Waals surface area contributed by atoms with Gasteiger partial charge in [0.25, 0.3) is 0 Å². The molecule has 0 aliphatic carbocycles. The minimum Gasteiger partial charge on any atom is -0.457 e. The van der Waals surface area contributed by atoms with Crippen molar-refractivity contribution >= 4 is 5.69 Å². The van der Waals surface area contributed by atoms with Crippen molar-refractivity contribution in [2.75, 3.05) is 19.0 Å². The molecule has 0 spiro atoms. The molecule has 0 amide bonds. The molecule has 0 saturated heterocycles. The average Bonchev–Trinajstić information content (AvgIpc) is 2.47. The summed E-state index contributed by atoms with van der Waals surface area (Å²) in [6, 6.07) is 15.5. The van der Waals surface area contributed by atoms with E-state index in [0.29, 0.717) is 12.2 Å². The summed E-state index contributed by atoms with van der Waals surface area (Å²) in [6.45, 7) is 1.95. The first-order valence-electron chi connectivity index (χ1n) is 6.84. The lowest BCUT2D eigenvalue weighted by molar-refractivity contribution is 0.170. The third-order valence-corrected chi connectivity index (χ3v) is 3.23. The van der Waals surface area contributed by atoms with Gasteiger partial charge in [0, 0.05) is 31.4 Å². The molecule has 0 aliphatic heterocycles. The van der Waals surface area contributed by atoms with Crippen LogP contribution in [-0.2, 0) is 0 Å². The molecular weight excluding hydrogens is 250 g/mol. The summed E-state index contributed by atoms with van der Waals surface area (Å²) >= 11 is 0. The highest BCUT2D eigenvalue weighted by molar-refractivity contribution is 5.51. The number of anilines is 1. The molecule has 0 unspecified atom stereocenters. The van der Waals surface area contributed by atoms with Crippen molar-refractivity contribution in [1.29, 1.82) is 0 Å². The van der Waals surface area contributed by atoms with Crippen LogP contribution in [0.15, 0.2) is 48.5 Å². The maximum atomic E-state index is 10.0. The van der Waals surface area contributed by atoms with Crippen molar-refractivity contribution in [3.05, 3.63) is 54.1 Å². The third-order valence-electron chi connectivity index (χ3n) is 3.23. The third kappa shape index (κ3) is 3.31. The molecule has 0 fully saturated rings. The largest absolute Gasteiger partial charge is 0.457 e. The molecule has 20 heavy (non-hydrogen) atoms. The van der Waals surface area contributed by atoms with E-state index in [1.165, 1.54) is 0 Å². The second-order valence-corrected chi connectivity index (χ2v) is 4.96. The Morgan fingerprint density at radius 2 is 1.85 bits per heavy atom. The highest BCUT2D eigenvalue weighted by Crippen LogP contribution is 2.32. The van der Waals surface area contributed by atoms with Crippen molar-refractivity contribution in [1.82, 2.24) is 0 Å². The molecule has 2 aromatic carbocycles. The highest BCUT2D eigenvalue weighted by Gasteiger charge is 2.12. The fraction of sp³-hybridized carbons (Fsp3) is 0.294. The average molecular weight is 271 g/mol. The Balaban J connectivity index is 2.28. The first-order chi connectivity index (χ1) is 9.61. The lowest BCUT2D eigenvalue weighted by Gasteiger charge is -2.17. The van der Waals surface area contributed by atoms with Crippen molar-refractivity contribution in [3.8, 4) is 11.5 Å². The Bertz CT molecular complexity index is 566. The highest BCUT2D eigenvalue weighted by atomic mass is 16.5. The van der Waals surface area contributed by atoms with Crippen LogP contribution in [0.25, 0.3) is 0 Å². The molecule has 0 aliphatic rings. The van der Waals surface area contributed by atoms with E-state index >= 15 is 0 Å². The lowest BCUT2D eigenvalue weighted by atomic mass is 10.1. The van der Waals surface area contributed by atoms with Crippen LogP contribution in [0.4, 0.5) is 5.69 Å².